The van der Waals surface area contributed by atoms with Gasteiger partial charge in [-0.15, -0.1) is 0 Å². The van der Waals surface area contributed by atoms with Gasteiger partial charge in [-0.05, 0) is 73.0 Å². The highest BCUT2D eigenvalue weighted by atomic mass is 35.5. The van der Waals surface area contributed by atoms with Crippen LogP contribution in [-0.4, -0.2) is 50.7 Å². The molecule has 0 aliphatic carbocycles. The highest BCUT2D eigenvalue weighted by Crippen LogP contribution is 2.23. The van der Waals surface area contributed by atoms with E-state index in [1.54, 1.807) is 78.9 Å². The van der Waals surface area contributed by atoms with Gasteiger partial charge < -0.3 is 4.42 Å². The van der Waals surface area contributed by atoms with E-state index in [2.05, 4.69) is 10.5 Å². The van der Waals surface area contributed by atoms with Crippen molar-refractivity contribution in [1.29, 1.82) is 0 Å². The van der Waals surface area contributed by atoms with Gasteiger partial charge >= 0.3 is 0 Å². The number of carbonyl (C=O) groups excluding carboxylic acids is 1. The summed E-state index contributed by atoms with van der Waals surface area (Å²) in [6, 6.07) is 34.1. The molecule has 0 saturated heterocycles. The number of nitrogens with one attached hydrogen (secondary N) is 1. The molecule has 1 heterocycles. The molecule has 13 heteroatoms. The second-order valence-electron chi connectivity index (χ2n) is 11.2. The molecule has 0 aliphatic heterocycles. The Kier molecular flexibility index (Phi) is 11.8. The van der Waals surface area contributed by atoms with Gasteiger partial charge in [-0.3, -0.25) is 4.79 Å². The molecule has 49 heavy (non-hydrogen) atoms. The third-order valence-electron chi connectivity index (χ3n) is 7.52. The molecular weight excluding hydrogens is 684 g/mol. The molecule has 0 fully saturated rings. The molecule has 0 radical (unpaired) electrons. The van der Waals surface area contributed by atoms with Crippen molar-refractivity contribution in [2.75, 3.05) is 13.1 Å². The average Bonchev–Trinajstić information content (AvgIpc) is 3.55. The number of carbonyl (C=O) groups is 1. The lowest BCUT2D eigenvalue weighted by atomic mass is 10.1. The van der Waals surface area contributed by atoms with E-state index >= 15 is 0 Å². The lowest BCUT2D eigenvalue weighted by Crippen LogP contribution is -2.40. The number of hydrazone groups is 1. The minimum absolute atomic E-state index is 0.0697. The number of sulfonamides is 2. The van der Waals surface area contributed by atoms with Crippen molar-refractivity contribution in [3.63, 3.8) is 0 Å². The van der Waals surface area contributed by atoms with E-state index in [-0.39, 0.29) is 35.2 Å². The Labute approximate surface area is 291 Å². The maximum atomic E-state index is 13.7. The zero-order valence-corrected chi connectivity index (χ0v) is 29.0. The summed E-state index contributed by atoms with van der Waals surface area (Å²) in [4.78, 5) is 13.1. The molecule has 0 saturated carbocycles. The highest BCUT2D eigenvalue weighted by Gasteiger charge is 2.27. The maximum Gasteiger partial charge on any atom is 0.255 e. The third kappa shape index (κ3) is 9.74. The second-order valence-corrected chi connectivity index (χ2v) is 15.5. The predicted molar refractivity (Wildman–Crippen MR) is 189 cm³/mol. The van der Waals surface area contributed by atoms with Crippen molar-refractivity contribution in [1.82, 2.24) is 14.0 Å². The molecule has 1 amide bonds. The number of amides is 1. The Bertz CT molecular complexity index is 2090. The minimum atomic E-state index is -3.97. The summed E-state index contributed by atoms with van der Waals surface area (Å²) < 4.78 is 62.5. The van der Waals surface area contributed by atoms with Crippen molar-refractivity contribution in [3.05, 3.63) is 155 Å². The summed E-state index contributed by atoms with van der Waals surface area (Å²) in [6.07, 6.45) is 1.67. The monoisotopic (exact) mass is 718 g/mol. The van der Waals surface area contributed by atoms with E-state index < -0.39 is 32.5 Å². The molecule has 5 rings (SSSR count). The first kappa shape index (κ1) is 35.7. The first-order chi connectivity index (χ1) is 23.5. The fourth-order valence-corrected chi connectivity index (χ4v) is 7.83. The largest absolute Gasteiger partial charge is 0.459 e. The van der Waals surface area contributed by atoms with E-state index in [4.69, 9.17) is 16.0 Å². The zero-order chi connectivity index (χ0) is 34.9. The molecule has 0 unspecified atom stereocenters. The Morgan fingerprint density at radius 3 is 2.02 bits per heavy atom. The predicted octanol–water partition coefficient (Wildman–Crippen LogP) is 6.02. The number of nitrogens with zero attached hydrogens (tertiary/aromatic N) is 3. The van der Waals surface area contributed by atoms with Gasteiger partial charge in [0.1, 0.15) is 11.5 Å². The maximum absolute atomic E-state index is 13.7. The molecule has 0 bridgehead atoms. The van der Waals surface area contributed by atoms with Crippen LogP contribution < -0.4 is 5.43 Å². The van der Waals surface area contributed by atoms with Gasteiger partial charge in [0.15, 0.2) is 0 Å². The lowest BCUT2D eigenvalue weighted by molar-refractivity contribution is -0.121. The molecule has 10 nitrogen and oxygen atoms in total. The van der Waals surface area contributed by atoms with Crippen LogP contribution in [0, 0.1) is 6.92 Å². The fraction of sp³-hybridized carbons (Fsp3) is 0.167. The number of rotatable bonds is 15. The Morgan fingerprint density at radius 1 is 0.735 bits per heavy atom. The first-order valence-corrected chi connectivity index (χ1v) is 18.6. The number of hydrogen-bond acceptors (Lipinski definition) is 7. The van der Waals surface area contributed by atoms with Gasteiger partial charge in [-0.2, -0.15) is 13.7 Å². The van der Waals surface area contributed by atoms with E-state index in [1.165, 1.54) is 22.7 Å². The zero-order valence-electron chi connectivity index (χ0n) is 26.6. The minimum Gasteiger partial charge on any atom is -0.459 e. The summed E-state index contributed by atoms with van der Waals surface area (Å²) in [5.74, 6) is -0.0419. The van der Waals surface area contributed by atoms with Crippen LogP contribution in [-0.2, 0) is 44.4 Å². The molecule has 0 spiro atoms. The van der Waals surface area contributed by atoms with E-state index in [0.29, 0.717) is 17.2 Å². The molecule has 0 aliphatic rings. The Balaban J connectivity index is 1.26. The third-order valence-corrected chi connectivity index (χ3v) is 11.4. The topological polar surface area (TPSA) is 129 Å². The average molecular weight is 719 g/mol. The van der Waals surface area contributed by atoms with Crippen LogP contribution in [0.5, 0.6) is 0 Å². The normalized spacial score (nSPS) is 12.2. The van der Waals surface area contributed by atoms with Crippen molar-refractivity contribution < 1.29 is 26.0 Å². The van der Waals surface area contributed by atoms with Crippen molar-refractivity contribution in [2.45, 2.75) is 36.2 Å². The van der Waals surface area contributed by atoms with E-state index in [0.717, 1.165) is 21.0 Å². The van der Waals surface area contributed by atoms with Gasteiger partial charge in [0.2, 0.25) is 20.0 Å². The van der Waals surface area contributed by atoms with Crippen LogP contribution in [0.3, 0.4) is 0 Å². The van der Waals surface area contributed by atoms with E-state index in [1.807, 2.05) is 37.3 Å². The molecular formula is C36H35ClN4O6S2. The lowest BCUT2D eigenvalue weighted by Gasteiger charge is -2.21. The van der Waals surface area contributed by atoms with Crippen molar-refractivity contribution >= 4 is 43.8 Å². The van der Waals surface area contributed by atoms with Crippen LogP contribution in [0.25, 0.3) is 0 Å². The summed E-state index contributed by atoms with van der Waals surface area (Å²) in [5, 5.41) is 4.49. The van der Waals surface area contributed by atoms with Crippen LogP contribution in [0.2, 0.25) is 5.02 Å². The smallest absolute Gasteiger partial charge is 0.255 e. The highest BCUT2D eigenvalue weighted by molar-refractivity contribution is 7.89. The number of furan rings is 1. The van der Waals surface area contributed by atoms with Crippen LogP contribution in [0.4, 0.5) is 0 Å². The van der Waals surface area contributed by atoms with Crippen molar-refractivity contribution in [2.24, 2.45) is 5.10 Å². The number of hydrogen-bond donors (Lipinski definition) is 1. The molecule has 254 valence electrons. The number of halogens is 1. The fourth-order valence-electron chi connectivity index (χ4n) is 4.89. The quantitative estimate of drug-likeness (QED) is 0.104. The van der Waals surface area contributed by atoms with Gasteiger partial charge in [-0.25, -0.2) is 22.3 Å². The van der Waals surface area contributed by atoms with Crippen LogP contribution in [0.1, 0.15) is 28.2 Å². The Morgan fingerprint density at radius 2 is 1.35 bits per heavy atom. The summed E-state index contributed by atoms with van der Waals surface area (Å²) in [5.41, 5.74) is 4.97. The summed E-state index contributed by atoms with van der Waals surface area (Å²) in [7, 11) is -7.88. The standard InChI is InChI=1S/C36H35ClN4O6S2/c1-28-12-20-35(21-13-28)49(45,46)41(25-30-14-16-31(37)17-15-30)26-33-19-18-32(47-33)24-38-39-36(42)27-40(23-22-29-8-4-2-5-9-29)48(43,44)34-10-6-3-7-11-34/h2-21,24H,22-23,25-27H2,1H3,(H,39,42)/b38-24-. The molecule has 1 aromatic heterocycles. The van der Waals surface area contributed by atoms with Crippen LogP contribution >= 0.6 is 11.6 Å². The van der Waals surface area contributed by atoms with Gasteiger partial charge in [0.25, 0.3) is 5.91 Å². The summed E-state index contributed by atoms with van der Waals surface area (Å²) in [6.45, 7) is 1.50. The van der Waals surface area contributed by atoms with Gasteiger partial charge in [0, 0.05) is 18.1 Å². The Hall–Kier alpha value is -4.59. The van der Waals surface area contributed by atoms with Crippen LogP contribution in [0.15, 0.2) is 141 Å². The molecule has 5 aromatic rings. The van der Waals surface area contributed by atoms with Gasteiger partial charge in [-0.1, -0.05) is 90.0 Å². The molecule has 0 atom stereocenters. The molecule has 4 aromatic carbocycles. The number of aryl methyl sites for hydroxylation is 1. The van der Waals surface area contributed by atoms with E-state index in [9.17, 15) is 21.6 Å². The van der Waals surface area contributed by atoms with Crippen molar-refractivity contribution in [3.8, 4) is 0 Å². The second kappa shape index (κ2) is 16.2. The first-order valence-electron chi connectivity index (χ1n) is 15.3. The molecule has 1 N–H and O–H groups in total. The van der Waals surface area contributed by atoms with Gasteiger partial charge in [0.05, 0.1) is 29.1 Å². The summed E-state index contributed by atoms with van der Waals surface area (Å²) >= 11 is 6.04. The number of benzene rings is 4. The SMILES string of the molecule is Cc1ccc(S(=O)(=O)N(Cc2ccc(Cl)cc2)Cc2ccc(/C=N\NC(=O)CN(CCc3ccccc3)S(=O)(=O)c3ccccc3)o2)cc1.